The molecule has 1 aromatic carbocycles. The van der Waals surface area contributed by atoms with Crippen LogP contribution in [0.4, 0.5) is 0 Å². The maximum Gasteiger partial charge on any atom is 0.260 e. The molecule has 1 saturated heterocycles. The predicted molar refractivity (Wildman–Crippen MR) is 87.0 cm³/mol. The van der Waals surface area contributed by atoms with Crippen LogP contribution < -0.4 is 9.47 Å². The summed E-state index contributed by atoms with van der Waals surface area (Å²) in [6.45, 7) is 4.39. The van der Waals surface area contributed by atoms with Crippen LogP contribution in [0.5, 0.6) is 11.5 Å². The van der Waals surface area contributed by atoms with E-state index in [2.05, 4.69) is 0 Å². The minimum Gasteiger partial charge on any atom is -0.490 e. The average molecular weight is 341 g/mol. The largest absolute Gasteiger partial charge is 0.490 e. The van der Waals surface area contributed by atoms with Gasteiger partial charge in [0.15, 0.2) is 18.1 Å². The summed E-state index contributed by atoms with van der Waals surface area (Å²) in [5.41, 5.74) is 0. The summed E-state index contributed by atoms with van der Waals surface area (Å²) >= 11 is 5.54. The first kappa shape index (κ1) is 17.4. The number of ether oxygens (including phenoxy) is 2. The highest BCUT2D eigenvalue weighted by molar-refractivity contribution is 6.27. The summed E-state index contributed by atoms with van der Waals surface area (Å²) in [5.74, 6) is 0.958. The number of amides is 2. The molecule has 6 nitrogen and oxygen atoms in total. The second-order valence-corrected chi connectivity index (χ2v) is 5.33. The molecule has 1 aliphatic rings. The van der Waals surface area contributed by atoms with E-state index in [1.54, 1.807) is 21.9 Å². The molecule has 0 atom stereocenters. The zero-order valence-electron chi connectivity index (χ0n) is 13.2. The van der Waals surface area contributed by atoms with Crippen LogP contribution >= 0.6 is 11.6 Å². The molecule has 1 fully saturated rings. The van der Waals surface area contributed by atoms with Gasteiger partial charge in [0.05, 0.1) is 6.61 Å². The van der Waals surface area contributed by atoms with Crippen LogP contribution in [-0.4, -0.2) is 66.9 Å². The van der Waals surface area contributed by atoms with Gasteiger partial charge < -0.3 is 19.3 Å². The van der Waals surface area contributed by atoms with Gasteiger partial charge in [0.1, 0.15) is 5.88 Å². The maximum absolute atomic E-state index is 12.2. The number of halogens is 1. The number of carbonyl (C=O) groups is 2. The van der Waals surface area contributed by atoms with Gasteiger partial charge in [-0.3, -0.25) is 9.59 Å². The molecule has 23 heavy (non-hydrogen) atoms. The molecule has 0 aromatic heterocycles. The molecule has 1 aromatic rings. The molecule has 2 amide bonds. The van der Waals surface area contributed by atoms with Gasteiger partial charge in [0, 0.05) is 26.2 Å². The normalized spacial score (nSPS) is 14.5. The van der Waals surface area contributed by atoms with Crippen molar-refractivity contribution in [1.29, 1.82) is 0 Å². The van der Waals surface area contributed by atoms with Crippen LogP contribution in [0.3, 0.4) is 0 Å². The first-order valence-corrected chi connectivity index (χ1v) is 8.15. The van der Waals surface area contributed by atoms with Crippen molar-refractivity contribution in [3.05, 3.63) is 24.3 Å². The summed E-state index contributed by atoms with van der Waals surface area (Å²) in [5, 5.41) is 0. The molecule has 0 radical (unpaired) electrons. The number of piperazine rings is 1. The third kappa shape index (κ3) is 4.76. The quantitative estimate of drug-likeness (QED) is 0.734. The van der Waals surface area contributed by atoms with Crippen molar-refractivity contribution < 1.29 is 19.1 Å². The van der Waals surface area contributed by atoms with Crippen molar-refractivity contribution in [2.24, 2.45) is 0 Å². The van der Waals surface area contributed by atoms with Gasteiger partial charge in [0.25, 0.3) is 5.91 Å². The first-order chi connectivity index (χ1) is 11.2. The lowest BCUT2D eigenvalue weighted by Crippen LogP contribution is -2.51. The fourth-order valence-corrected chi connectivity index (χ4v) is 2.53. The topological polar surface area (TPSA) is 59.1 Å². The molecule has 1 heterocycles. The van der Waals surface area contributed by atoms with Crippen LogP contribution in [0.1, 0.15) is 6.92 Å². The van der Waals surface area contributed by atoms with Gasteiger partial charge in [-0.2, -0.15) is 0 Å². The molecule has 0 bridgehead atoms. The van der Waals surface area contributed by atoms with E-state index in [4.69, 9.17) is 21.1 Å². The molecule has 0 aliphatic carbocycles. The molecule has 0 saturated carbocycles. The van der Waals surface area contributed by atoms with Crippen molar-refractivity contribution >= 4 is 23.4 Å². The fraction of sp³-hybridized carbons (Fsp3) is 0.500. The number of para-hydroxylation sites is 2. The Balaban J connectivity index is 1.83. The highest BCUT2D eigenvalue weighted by Gasteiger charge is 2.23. The van der Waals surface area contributed by atoms with E-state index in [0.717, 1.165) is 0 Å². The predicted octanol–water partition coefficient (Wildman–Crippen LogP) is 1.37. The fourth-order valence-electron chi connectivity index (χ4n) is 2.36. The van der Waals surface area contributed by atoms with E-state index >= 15 is 0 Å². The van der Waals surface area contributed by atoms with Gasteiger partial charge in [-0.1, -0.05) is 12.1 Å². The second-order valence-electron chi connectivity index (χ2n) is 5.06. The van der Waals surface area contributed by atoms with Gasteiger partial charge in [-0.05, 0) is 19.1 Å². The number of hydrogen-bond donors (Lipinski definition) is 0. The molecule has 0 spiro atoms. The number of benzene rings is 1. The van der Waals surface area contributed by atoms with Gasteiger partial charge in [-0.15, -0.1) is 11.6 Å². The zero-order chi connectivity index (χ0) is 16.7. The van der Waals surface area contributed by atoms with Crippen molar-refractivity contribution in [1.82, 2.24) is 9.80 Å². The third-order valence-corrected chi connectivity index (χ3v) is 3.83. The van der Waals surface area contributed by atoms with Gasteiger partial charge in [-0.25, -0.2) is 0 Å². The van der Waals surface area contributed by atoms with E-state index in [-0.39, 0.29) is 24.3 Å². The standard InChI is InChI=1S/C16H21ClN2O4/c1-2-22-13-5-3-4-6-14(13)23-12-16(21)19-9-7-18(8-10-19)15(20)11-17/h3-6H,2,7-12H2,1H3. The Morgan fingerprint density at radius 3 is 2.04 bits per heavy atom. The minimum atomic E-state index is -0.103. The SMILES string of the molecule is CCOc1ccccc1OCC(=O)N1CCN(C(=O)CCl)CC1. The average Bonchev–Trinajstić information content (AvgIpc) is 2.60. The lowest BCUT2D eigenvalue weighted by molar-refractivity contribution is -0.139. The smallest absolute Gasteiger partial charge is 0.260 e. The van der Waals surface area contributed by atoms with E-state index in [1.807, 2.05) is 19.1 Å². The van der Waals surface area contributed by atoms with Crippen molar-refractivity contribution in [3.63, 3.8) is 0 Å². The Hall–Kier alpha value is -1.95. The Labute approximate surface area is 140 Å². The van der Waals surface area contributed by atoms with E-state index in [9.17, 15) is 9.59 Å². The summed E-state index contributed by atoms with van der Waals surface area (Å²) in [6.07, 6.45) is 0. The molecular weight excluding hydrogens is 320 g/mol. The number of hydrogen-bond acceptors (Lipinski definition) is 4. The van der Waals surface area contributed by atoms with E-state index in [0.29, 0.717) is 44.3 Å². The van der Waals surface area contributed by atoms with Crippen LogP contribution in [-0.2, 0) is 9.59 Å². The molecule has 126 valence electrons. The molecule has 1 aliphatic heterocycles. The molecule has 0 unspecified atom stereocenters. The molecule has 0 N–H and O–H groups in total. The monoisotopic (exact) mass is 340 g/mol. The zero-order valence-corrected chi connectivity index (χ0v) is 13.9. The Bertz CT molecular complexity index is 545. The second kappa shape index (κ2) is 8.62. The number of carbonyl (C=O) groups excluding carboxylic acids is 2. The Kier molecular flexibility index (Phi) is 6.52. The van der Waals surface area contributed by atoms with Crippen molar-refractivity contribution in [3.8, 4) is 11.5 Å². The minimum absolute atomic E-state index is 0.0225. The van der Waals surface area contributed by atoms with E-state index in [1.165, 1.54) is 0 Å². The van der Waals surface area contributed by atoms with Crippen molar-refractivity contribution in [2.45, 2.75) is 6.92 Å². The molecule has 7 heteroatoms. The van der Waals surface area contributed by atoms with Crippen LogP contribution in [0.15, 0.2) is 24.3 Å². The van der Waals surface area contributed by atoms with Gasteiger partial charge >= 0.3 is 0 Å². The van der Waals surface area contributed by atoms with E-state index < -0.39 is 0 Å². The highest BCUT2D eigenvalue weighted by atomic mass is 35.5. The Morgan fingerprint density at radius 1 is 1.00 bits per heavy atom. The van der Waals surface area contributed by atoms with Crippen molar-refractivity contribution in [2.75, 3.05) is 45.3 Å². The summed E-state index contributed by atoms with van der Waals surface area (Å²) in [6, 6.07) is 7.26. The summed E-state index contributed by atoms with van der Waals surface area (Å²) in [7, 11) is 0. The lowest BCUT2D eigenvalue weighted by Gasteiger charge is -2.34. The lowest BCUT2D eigenvalue weighted by atomic mass is 10.3. The summed E-state index contributed by atoms with van der Waals surface area (Å²) < 4.78 is 11.0. The third-order valence-electron chi connectivity index (χ3n) is 3.60. The van der Waals surface area contributed by atoms with Gasteiger partial charge in [0.2, 0.25) is 5.91 Å². The maximum atomic E-state index is 12.2. The first-order valence-electron chi connectivity index (χ1n) is 7.61. The number of alkyl halides is 1. The highest BCUT2D eigenvalue weighted by Crippen LogP contribution is 2.26. The Morgan fingerprint density at radius 2 is 1.52 bits per heavy atom. The van der Waals surface area contributed by atoms with Crippen LogP contribution in [0.25, 0.3) is 0 Å². The molecular formula is C16H21ClN2O4. The number of rotatable bonds is 6. The van der Waals surface area contributed by atoms with Crippen LogP contribution in [0.2, 0.25) is 0 Å². The molecule has 2 rings (SSSR count). The van der Waals surface area contributed by atoms with Crippen LogP contribution in [0, 0.1) is 0 Å². The number of nitrogens with zero attached hydrogens (tertiary/aromatic N) is 2. The summed E-state index contributed by atoms with van der Waals surface area (Å²) in [4.78, 5) is 27.1.